The summed E-state index contributed by atoms with van der Waals surface area (Å²) in [7, 11) is -2.87. The van der Waals surface area contributed by atoms with Gasteiger partial charge in [-0.25, -0.2) is 8.42 Å². The number of hydrogen-bond acceptors (Lipinski definition) is 4. The van der Waals surface area contributed by atoms with Gasteiger partial charge < -0.3 is 10.1 Å². The van der Waals surface area contributed by atoms with Crippen LogP contribution in [0.5, 0.6) is 5.75 Å². The first kappa shape index (κ1) is 17.2. The first-order chi connectivity index (χ1) is 9.94. The van der Waals surface area contributed by atoms with E-state index in [2.05, 4.69) is 37.2 Å². The summed E-state index contributed by atoms with van der Waals surface area (Å²) in [6.45, 7) is 3.70. The molecule has 1 atom stereocenters. The van der Waals surface area contributed by atoms with Gasteiger partial charge in [0.15, 0.2) is 9.84 Å². The minimum Gasteiger partial charge on any atom is -0.492 e. The molecule has 0 aliphatic carbocycles. The van der Waals surface area contributed by atoms with Crippen molar-refractivity contribution in [3.63, 3.8) is 0 Å². The lowest BCUT2D eigenvalue weighted by atomic mass is 10.2. The van der Waals surface area contributed by atoms with Gasteiger partial charge in [-0.2, -0.15) is 0 Å². The fourth-order valence-corrected chi connectivity index (χ4v) is 5.77. The average Bonchev–Trinajstić information content (AvgIpc) is 2.73. The number of benzene rings is 1. The molecule has 0 spiro atoms. The fourth-order valence-electron chi connectivity index (χ4n) is 2.46. The van der Waals surface area contributed by atoms with Gasteiger partial charge in [0.2, 0.25) is 0 Å². The van der Waals surface area contributed by atoms with Crippen LogP contribution >= 0.6 is 31.9 Å². The van der Waals surface area contributed by atoms with Gasteiger partial charge in [0.25, 0.3) is 0 Å². The van der Waals surface area contributed by atoms with Crippen molar-refractivity contribution in [2.24, 2.45) is 0 Å². The Balaban J connectivity index is 1.95. The minimum atomic E-state index is -2.87. The van der Waals surface area contributed by atoms with Crippen LogP contribution in [0.3, 0.4) is 0 Å². The summed E-state index contributed by atoms with van der Waals surface area (Å²) >= 11 is 6.99. The van der Waals surface area contributed by atoms with E-state index in [-0.39, 0.29) is 5.25 Å². The Kier molecular flexibility index (Phi) is 6.11. The lowest BCUT2D eigenvalue weighted by Crippen LogP contribution is -2.30. The van der Waals surface area contributed by atoms with Crippen LogP contribution in [0.4, 0.5) is 0 Å². The second-order valence-corrected chi connectivity index (χ2v) is 9.19. The van der Waals surface area contributed by atoms with Crippen molar-refractivity contribution < 1.29 is 13.2 Å². The molecule has 1 aromatic rings. The van der Waals surface area contributed by atoms with E-state index >= 15 is 0 Å². The summed E-state index contributed by atoms with van der Waals surface area (Å²) in [5.41, 5.74) is 1.08. The quantitative estimate of drug-likeness (QED) is 0.737. The van der Waals surface area contributed by atoms with Crippen LogP contribution in [-0.4, -0.2) is 32.6 Å². The van der Waals surface area contributed by atoms with Crippen LogP contribution in [0.1, 0.15) is 25.3 Å². The zero-order valence-electron chi connectivity index (χ0n) is 11.9. The third-order valence-electron chi connectivity index (χ3n) is 3.51. The summed E-state index contributed by atoms with van der Waals surface area (Å²) in [6.07, 6.45) is 1.56. The number of halogens is 2. The number of sulfone groups is 1. The molecule has 0 aromatic heterocycles. The third kappa shape index (κ3) is 4.43. The van der Waals surface area contributed by atoms with Gasteiger partial charge in [-0.05, 0) is 69.3 Å². The summed E-state index contributed by atoms with van der Waals surface area (Å²) < 4.78 is 30.8. The van der Waals surface area contributed by atoms with Gasteiger partial charge in [-0.1, -0.05) is 0 Å². The molecule has 4 nitrogen and oxygen atoms in total. The zero-order valence-corrected chi connectivity index (χ0v) is 15.9. The van der Waals surface area contributed by atoms with Crippen molar-refractivity contribution in [3.8, 4) is 5.75 Å². The second kappa shape index (κ2) is 7.44. The second-order valence-electron chi connectivity index (χ2n) is 5.08. The molecule has 1 N–H and O–H groups in total. The normalized spacial score (nSPS) is 20.6. The van der Waals surface area contributed by atoms with Crippen LogP contribution in [0.25, 0.3) is 0 Å². The van der Waals surface area contributed by atoms with Crippen molar-refractivity contribution in [2.45, 2.75) is 31.6 Å². The van der Waals surface area contributed by atoms with Crippen LogP contribution in [0.15, 0.2) is 21.1 Å². The van der Waals surface area contributed by atoms with E-state index in [4.69, 9.17) is 4.74 Å². The Bertz CT molecular complexity index is 581. The topological polar surface area (TPSA) is 55.4 Å². The SMILES string of the molecule is CCOc1c(Br)cc(CNCC2CCCS2(=O)=O)cc1Br. The van der Waals surface area contributed by atoms with Gasteiger partial charge in [-0.3, -0.25) is 0 Å². The van der Waals surface area contributed by atoms with Gasteiger partial charge in [0.05, 0.1) is 26.6 Å². The van der Waals surface area contributed by atoms with E-state index in [1.54, 1.807) is 0 Å². The predicted molar refractivity (Wildman–Crippen MR) is 91.5 cm³/mol. The largest absolute Gasteiger partial charge is 0.492 e. The zero-order chi connectivity index (χ0) is 15.5. The number of nitrogens with one attached hydrogen (secondary N) is 1. The standard InChI is InChI=1S/C14H19Br2NO3S/c1-2-20-14-12(15)6-10(7-13(14)16)8-17-9-11-4-3-5-21(11,18)19/h6-7,11,17H,2-5,8-9H2,1H3. The van der Waals surface area contributed by atoms with Crippen molar-refractivity contribution >= 4 is 41.7 Å². The Morgan fingerprint density at radius 3 is 2.52 bits per heavy atom. The average molecular weight is 441 g/mol. The molecule has 21 heavy (non-hydrogen) atoms. The molecule has 1 unspecified atom stereocenters. The fraction of sp³-hybridized carbons (Fsp3) is 0.571. The maximum Gasteiger partial charge on any atom is 0.154 e. The van der Waals surface area contributed by atoms with Crippen LogP contribution in [-0.2, 0) is 16.4 Å². The van der Waals surface area contributed by atoms with Crippen LogP contribution < -0.4 is 10.1 Å². The molecule has 0 radical (unpaired) electrons. The molecule has 0 bridgehead atoms. The van der Waals surface area contributed by atoms with Gasteiger partial charge in [-0.15, -0.1) is 0 Å². The number of rotatable bonds is 6. The summed E-state index contributed by atoms with van der Waals surface area (Å²) in [4.78, 5) is 0. The molecular formula is C14H19Br2NO3S. The smallest absolute Gasteiger partial charge is 0.154 e. The monoisotopic (exact) mass is 439 g/mol. The number of ether oxygens (including phenoxy) is 1. The summed E-state index contributed by atoms with van der Waals surface area (Å²) in [5, 5.41) is 3.01. The molecule has 1 aromatic carbocycles. The van der Waals surface area contributed by atoms with Crippen molar-refractivity contribution in [1.82, 2.24) is 5.32 Å². The van der Waals surface area contributed by atoms with Crippen molar-refractivity contribution in [2.75, 3.05) is 18.9 Å². The van der Waals surface area contributed by atoms with E-state index in [0.717, 1.165) is 33.1 Å². The van der Waals surface area contributed by atoms with E-state index < -0.39 is 9.84 Å². The highest BCUT2D eigenvalue weighted by atomic mass is 79.9. The Hall–Kier alpha value is -0.110. The summed E-state index contributed by atoms with van der Waals surface area (Å²) in [5.74, 6) is 1.12. The first-order valence-corrected chi connectivity index (χ1v) is 10.3. The first-order valence-electron chi connectivity index (χ1n) is 6.97. The molecular weight excluding hydrogens is 422 g/mol. The molecule has 0 saturated carbocycles. The lowest BCUT2D eigenvalue weighted by molar-refractivity contribution is 0.336. The molecule has 0 amide bonds. The van der Waals surface area contributed by atoms with E-state index in [1.807, 2.05) is 19.1 Å². The van der Waals surface area contributed by atoms with E-state index in [1.165, 1.54) is 0 Å². The predicted octanol–water partition coefficient (Wildman–Crippen LogP) is 3.28. The van der Waals surface area contributed by atoms with E-state index in [9.17, 15) is 8.42 Å². The minimum absolute atomic E-state index is 0.230. The van der Waals surface area contributed by atoms with Crippen molar-refractivity contribution in [3.05, 3.63) is 26.6 Å². The third-order valence-corrected chi connectivity index (χ3v) is 6.96. The van der Waals surface area contributed by atoms with Crippen LogP contribution in [0, 0.1) is 0 Å². The number of hydrogen-bond donors (Lipinski definition) is 1. The molecule has 1 fully saturated rings. The highest BCUT2D eigenvalue weighted by molar-refractivity contribution is 9.11. The maximum absolute atomic E-state index is 11.8. The van der Waals surface area contributed by atoms with Gasteiger partial charge in [0, 0.05) is 13.1 Å². The molecule has 1 saturated heterocycles. The van der Waals surface area contributed by atoms with E-state index in [0.29, 0.717) is 25.4 Å². The Morgan fingerprint density at radius 1 is 1.33 bits per heavy atom. The molecule has 2 rings (SSSR count). The highest BCUT2D eigenvalue weighted by Crippen LogP contribution is 2.34. The van der Waals surface area contributed by atoms with Gasteiger partial charge in [0.1, 0.15) is 5.75 Å². The Morgan fingerprint density at radius 2 is 2.00 bits per heavy atom. The molecule has 118 valence electrons. The molecule has 1 aliphatic heterocycles. The molecule has 1 heterocycles. The Labute approximate surface area is 142 Å². The lowest BCUT2D eigenvalue weighted by Gasteiger charge is -2.13. The molecule has 7 heteroatoms. The van der Waals surface area contributed by atoms with Gasteiger partial charge >= 0.3 is 0 Å². The summed E-state index contributed by atoms with van der Waals surface area (Å²) in [6, 6.07) is 3.98. The highest BCUT2D eigenvalue weighted by Gasteiger charge is 2.30. The van der Waals surface area contributed by atoms with Crippen molar-refractivity contribution in [1.29, 1.82) is 0 Å². The maximum atomic E-state index is 11.8. The molecule has 1 aliphatic rings. The van der Waals surface area contributed by atoms with Crippen LogP contribution in [0.2, 0.25) is 0 Å².